The van der Waals surface area contributed by atoms with E-state index in [2.05, 4.69) is 27.4 Å². The molecule has 2 fully saturated rings. The van der Waals surface area contributed by atoms with Gasteiger partial charge in [0, 0.05) is 28.2 Å². The van der Waals surface area contributed by atoms with Crippen molar-refractivity contribution in [2.24, 2.45) is 5.92 Å². The molecule has 0 spiro atoms. The molecule has 5 rings (SSSR count). The zero-order chi connectivity index (χ0) is 23.5. The van der Waals surface area contributed by atoms with Crippen LogP contribution in [-0.4, -0.2) is 53.0 Å². The highest BCUT2D eigenvalue weighted by atomic mass is 35.5. The summed E-state index contributed by atoms with van der Waals surface area (Å²) in [5, 5.41) is 7.93. The van der Waals surface area contributed by atoms with Crippen LogP contribution in [-0.2, 0) is 0 Å². The largest absolute Gasteiger partial charge is 0.354 e. The summed E-state index contributed by atoms with van der Waals surface area (Å²) >= 11 is 8.10. The van der Waals surface area contributed by atoms with Gasteiger partial charge in [-0.25, -0.2) is 9.97 Å². The number of amides is 1. The fourth-order valence-electron chi connectivity index (χ4n) is 4.67. The van der Waals surface area contributed by atoms with Gasteiger partial charge in [-0.3, -0.25) is 4.79 Å². The number of fused-ring (bicyclic) bond motifs is 1. The maximum Gasteiger partial charge on any atom is 0.252 e. The Kier molecular flexibility index (Phi) is 7.32. The molecule has 1 aromatic carbocycles. The van der Waals surface area contributed by atoms with Gasteiger partial charge in [-0.1, -0.05) is 24.6 Å². The molecule has 2 aromatic heterocycles. The second kappa shape index (κ2) is 10.6. The number of anilines is 1. The number of halogens is 1. The molecule has 1 aliphatic carbocycles. The molecule has 0 unspecified atom stereocenters. The third kappa shape index (κ3) is 5.53. The number of rotatable bonds is 9. The molecule has 0 radical (unpaired) electrons. The average molecular weight is 498 g/mol. The number of hydrogen-bond acceptors (Lipinski definition) is 6. The first kappa shape index (κ1) is 23.5. The Morgan fingerprint density at radius 1 is 1.24 bits per heavy atom. The van der Waals surface area contributed by atoms with E-state index in [1.807, 2.05) is 24.3 Å². The van der Waals surface area contributed by atoms with Crippen LogP contribution in [0.3, 0.4) is 0 Å². The molecule has 1 amide bonds. The predicted molar refractivity (Wildman–Crippen MR) is 141 cm³/mol. The van der Waals surface area contributed by atoms with Crippen molar-refractivity contribution in [3.8, 4) is 10.6 Å². The van der Waals surface area contributed by atoms with E-state index in [0.717, 1.165) is 46.7 Å². The predicted octanol–water partition coefficient (Wildman–Crippen LogP) is 5.83. The summed E-state index contributed by atoms with van der Waals surface area (Å²) in [6.07, 6.45) is 8.78. The van der Waals surface area contributed by atoms with E-state index in [9.17, 15) is 4.79 Å². The van der Waals surface area contributed by atoms with Crippen LogP contribution in [0.2, 0.25) is 5.02 Å². The minimum Gasteiger partial charge on any atom is -0.354 e. The number of nitrogens with zero attached hydrogens (tertiary/aromatic N) is 3. The van der Waals surface area contributed by atoms with E-state index < -0.39 is 0 Å². The normalized spacial score (nSPS) is 17.2. The molecule has 2 aliphatic rings. The standard InChI is InChI=1S/C26H32ClN5OS/c1-2-32-13-10-17(11-14-32)5-4-12-28-26-29-16-21(27)24(31-26)23-15-20-19(6-3-7-22(20)34-23)25(33)30-18-8-9-18/h3,6-7,15-18H,2,4-5,8-14H2,1H3,(H,30,33)(H,28,29,31). The van der Waals surface area contributed by atoms with Crippen molar-refractivity contribution in [3.63, 3.8) is 0 Å². The third-order valence-electron chi connectivity index (χ3n) is 6.92. The second-order valence-corrected chi connectivity index (χ2v) is 10.9. The fraction of sp³-hybridized carbons (Fsp3) is 0.500. The highest BCUT2D eigenvalue weighted by Gasteiger charge is 2.25. The summed E-state index contributed by atoms with van der Waals surface area (Å²) in [4.78, 5) is 25.3. The maximum absolute atomic E-state index is 12.7. The third-order valence-corrected chi connectivity index (χ3v) is 8.31. The van der Waals surface area contributed by atoms with Crippen LogP contribution in [0.25, 0.3) is 20.7 Å². The molecular weight excluding hydrogens is 466 g/mol. The highest BCUT2D eigenvalue weighted by Crippen LogP contribution is 2.37. The van der Waals surface area contributed by atoms with Gasteiger partial charge < -0.3 is 15.5 Å². The zero-order valence-corrected chi connectivity index (χ0v) is 21.2. The van der Waals surface area contributed by atoms with Crippen LogP contribution in [0.5, 0.6) is 0 Å². The highest BCUT2D eigenvalue weighted by molar-refractivity contribution is 7.22. The van der Waals surface area contributed by atoms with Gasteiger partial charge in [0.1, 0.15) is 5.69 Å². The van der Waals surface area contributed by atoms with Crippen molar-refractivity contribution in [1.29, 1.82) is 0 Å². The lowest BCUT2D eigenvalue weighted by atomic mass is 9.92. The van der Waals surface area contributed by atoms with Gasteiger partial charge in [-0.2, -0.15) is 0 Å². The summed E-state index contributed by atoms with van der Waals surface area (Å²) in [5.74, 6) is 1.43. The van der Waals surface area contributed by atoms with Crippen molar-refractivity contribution in [2.75, 3.05) is 31.5 Å². The monoisotopic (exact) mass is 497 g/mol. The van der Waals surface area contributed by atoms with Gasteiger partial charge >= 0.3 is 0 Å². The summed E-state index contributed by atoms with van der Waals surface area (Å²) in [7, 11) is 0. The molecule has 180 valence electrons. The Morgan fingerprint density at radius 3 is 2.82 bits per heavy atom. The minimum atomic E-state index is -0.00559. The van der Waals surface area contributed by atoms with Crippen molar-refractivity contribution in [1.82, 2.24) is 20.2 Å². The van der Waals surface area contributed by atoms with Crippen molar-refractivity contribution in [2.45, 2.75) is 51.5 Å². The number of nitrogens with one attached hydrogen (secondary N) is 2. The van der Waals surface area contributed by atoms with E-state index in [4.69, 9.17) is 16.6 Å². The molecule has 3 heterocycles. The Labute approximate surface area is 210 Å². The van der Waals surface area contributed by atoms with Crippen molar-refractivity contribution >= 4 is 44.9 Å². The molecule has 3 aromatic rings. The van der Waals surface area contributed by atoms with Gasteiger partial charge in [-0.15, -0.1) is 11.3 Å². The first-order valence-electron chi connectivity index (χ1n) is 12.4. The summed E-state index contributed by atoms with van der Waals surface area (Å²) in [6, 6.07) is 8.22. The molecule has 34 heavy (non-hydrogen) atoms. The first-order valence-corrected chi connectivity index (χ1v) is 13.6. The number of thiophene rings is 1. The fourth-order valence-corrected chi connectivity index (χ4v) is 6.01. The number of carbonyl (C=O) groups excluding carboxylic acids is 1. The van der Waals surface area contributed by atoms with Crippen LogP contribution in [0.4, 0.5) is 5.95 Å². The van der Waals surface area contributed by atoms with Crippen LogP contribution in [0.1, 0.15) is 55.8 Å². The van der Waals surface area contributed by atoms with Crippen LogP contribution >= 0.6 is 22.9 Å². The average Bonchev–Trinajstić information content (AvgIpc) is 3.56. The summed E-state index contributed by atoms with van der Waals surface area (Å²) < 4.78 is 1.05. The lowest BCUT2D eigenvalue weighted by molar-refractivity contribution is 0.0953. The van der Waals surface area contributed by atoms with Crippen molar-refractivity contribution < 1.29 is 4.79 Å². The number of likely N-dealkylation sites (tertiary alicyclic amines) is 1. The van der Waals surface area contributed by atoms with E-state index in [-0.39, 0.29) is 5.91 Å². The molecule has 1 saturated heterocycles. The Hall–Kier alpha value is -2.22. The molecule has 0 atom stereocenters. The van der Waals surface area contributed by atoms with Crippen molar-refractivity contribution in [3.05, 3.63) is 41.0 Å². The SMILES string of the molecule is CCN1CCC(CCCNc2ncc(Cl)c(-c3cc4c(C(=O)NC5CC5)cccc4s3)n2)CC1. The zero-order valence-electron chi connectivity index (χ0n) is 19.6. The lowest BCUT2D eigenvalue weighted by Crippen LogP contribution is -2.33. The molecule has 1 saturated carbocycles. The van der Waals surface area contributed by atoms with E-state index in [0.29, 0.717) is 28.3 Å². The minimum absolute atomic E-state index is 0.00559. The number of benzene rings is 1. The quantitative estimate of drug-likeness (QED) is 0.364. The Bertz CT molecular complexity index is 1150. The number of aromatic nitrogens is 2. The van der Waals surface area contributed by atoms with Crippen LogP contribution in [0.15, 0.2) is 30.5 Å². The Morgan fingerprint density at radius 2 is 2.06 bits per heavy atom. The maximum atomic E-state index is 12.7. The lowest BCUT2D eigenvalue weighted by Gasteiger charge is -2.31. The molecule has 6 nitrogen and oxygen atoms in total. The molecule has 0 bridgehead atoms. The smallest absolute Gasteiger partial charge is 0.252 e. The van der Waals surface area contributed by atoms with Crippen LogP contribution < -0.4 is 10.6 Å². The van der Waals surface area contributed by atoms with E-state index in [1.54, 1.807) is 17.5 Å². The summed E-state index contributed by atoms with van der Waals surface area (Å²) in [6.45, 7) is 6.73. The number of piperidine rings is 1. The van der Waals surface area contributed by atoms with Gasteiger partial charge in [-0.05, 0) is 82.3 Å². The van der Waals surface area contributed by atoms with Gasteiger partial charge in [0.2, 0.25) is 5.95 Å². The second-order valence-electron chi connectivity index (χ2n) is 9.41. The van der Waals surface area contributed by atoms with Gasteiger partial charge in [0.25, 0.3) is 5.91 Å². The number of hydrogen-bond donors (Lipinski definition) is 2. The summed E-state index contributed by atoms with van der Waals surface area (Å²) in [5.41, 5.74) is 1.42. The molecule has 8 heteroatoms. The number of carbonyl (C=O) groups is 1. The van der Waals surface area contributed by atoms with E-state index in [1.165, 1.54) is 38.9 Å². The Balaban J connectivity index is 1.24. The molecule has 1 aliphatic heterocycles. The van der Waals surface area contributed by atoms with Gasteiger partial charge in [0.15, 0.2) is 0 Å². The van der Waals surface area contributed by atoms with Crippen LogP contribution in [0, 0.1) is 5.92 Å². The topological polar surface area (TPSA) is 70.2 Å². The van der Waals surface area contributed by atoms with E-state index >= 15 is 0 Å². The molecular formula is C26H32ClN5OS. The molecule has 2 N–H and O–H groups in total. The first-order chi connectivity index (χ1) is 16.6. The van der Waals surface area contributed by atoms with Gasteiger partial charge in [0.05, 0.1) is 16.1 Å².